The molecule has 98 valence electrons. The number of aliphatic hydroxyl groups is 1. The largest absolute Gasteiger partial charge is 0.395 e. The predicted molar refractivity (Wildman–Crippen MR) is 72.4 cm³/mol. The van der Waals surface area contributed by atoms with Crippen LogP contribution in [0.4, 0.5) is 0 Å². The van der Waals surface area contributed by atoms with Crippen LogP contribution in [0.5, 0.6) is 0 Å². The van der Waals surface area contributed by atoms with E-state index in [0.29, 0.717) is 10.2 Å². The fourth-order valence-electron chi connectivity index (χ4n) is 1.87. The van der Waals surface area contributed by atoms with Gasteiger partial charge in [-0.25, -0.2) is 4.79 Å². The molecule has 0 saturated heterocycles. The van der Waals surface area contributed by atoms with Gasteiger partial charge in [0.2, 0.25) is 0 Å². The third-order valence-electron chi connectivity index (χ3n) is 2.82. The highest BCUT2D eigenvalue weighted by molar-refractivity contribution is 7.18. The first-order valence-electron chi connectivity index (χ1n) is 6.03. The fraction of sp³-hybridized carbons (Fsp3) is 0.500. The second kappa shape index (κ2) is 5.49. The Balaban J connectivity index is 2.53. The Morgan fingerprint density at radius 3 is 2.89 bits per heavy atom. The van der Waals surface area contributed by atoms with Crippen molar-refractivity contribution >= 4 is 21.6 Å². The van der Waals surface area contributed by atoms with Crippen LogP contribution in [0, 0.1) is 0 Å². The average molecular weight is 268 g/mol. The summed E-state index contributed by atoms with van der Waals surface area (Å²) >= 11 is 1.46. The van der Waals surface area contributed by atoms with Crippen LogP contribution in [0.15, 0.2) is 15.7 Å². The van der Waals surface area contributed by atoms with Gasteiger partial charge in [-0.3, -0.25) is 14.3 Å². The van der Waals surface area contributed by atoms with Crippen LogP contribution in [0.25, 0.3) is 10.2 Å². The van der Waals surface area contributed by atoms with Gasteiger partial charge in [0.05, 0.1) is 18.5 Å². The zero-order chi connectivity index (χ0) is 13.1. The maximum atomic E-state index is 12.1. The quantitative estimate of drug-likeness (QED) is 0.852. The van der Waals surface area contributed by atoms with E-state index in [9.17, 15) is 9.59 Å². The first kappa shape index (κ1) is 13.0. The molecule has 18 heavy (non-hydrogen) atoms. The lowest BCUT2D eigenvalue weighted by Gasteiger charge is -2.00. The maximum Gasteiger partial charge on any atom is 0.329 e. The van der Waals surface area contributed by atoms with E-state index in [2.05, 4.69) is 11.9 Å². The summed E-state index contributed by atoms with van der Waals surface area (Å²) in [6.07, 6.45) is 3.10. The van der Waals surface area contributed by atoms with E-state index < -0.39 is 5.69 Å². The molecule has 2 aromatic rings. The van der Waals surface area contributed by atoms with Gasteiger partial charge < -0.3 is 5.11 Å². The van der Waals surface area contributed by atoms with E-state index in [1.54, 1.807) is 0 Å². The number of thiophene rings is 1. The minimum absolute atomic E-state index is 0.0320. The molecule has 0 fully saturated rings. The number of fused-ring (bicyclic) bond motifs is 1. The van der Waals surface area contributed by atoms with E-state index in [0.717, 1.165) is 28.7 Å². The average Bonchev–Trinajstić information content (AvgIpc) is 2.75. The molecule has 0 atom stereocenters. The number of hydrogen-bond donors (Lipinski definition) is 2. The number of unbranched alkanes of at least 4 members (excludes halogenated alkanes) is 1. The Morgan fingerprint density at radius 2 is 2.22 bits per heavy atom. The first-order valence-corrected chi connectivity index (χ1v) is 6.85. The summed E-state index contributed by atoms with van der Waals surface area (Å²) < 4.78 is 1.04. The van der Waals surface area contributed by atoms with Gasteiger partial charge in [-0.05, 0) is 18.9 Å². The molecule has 2 N–H and O–H groups in total. The highest BCUT2D eigenvalue weighted by atomic mass is 32.1. The zero-order valence-corrected chi connectivity index (χ0v) is 11.0. The molecule has 2 aromatic heterocycles. The molecular weight excluding hydrogens is 252 g/mol. The maximum absolute atomic E-state index is 12.1. The zero-order valence-electron chi connectivity index (χ0n) is 10.2. The van der Waals surface area contributed by atoms with Gasteiger partial charge in [0, 0.05) is 4.88 Å². The summed E-state index contributed by atoms with van der Waals surface area (Å²) in [6.45, 7) is 1.93. The fourth-order valence-corrected chi connectivity index (χ4v) is 2.95. The van der Waals surface area contributed by atoms with E-state index in [1.807, 2.05) is 6.07 Å². The van der Waals surface area contributed by atoms with Gasteiger partial charge in [0.25, 0.3) is 5.56 Å². The van der Waals surface area contributed by atoms with Crippen LogP contribution in [0.2, 0.25) is 0 Å². The summed E-state index contributed by atoms with van der Waals surface area (Å²) in [7, 11) is 0. The molecule has 5 nitrogen and oxygen atoms in total. The number of aromatic amines is 1. The van der Waals surface area contributed by atoms with Gasteiger partial charge in [0.15, 0.2) is 0 Å². The van der Waals surface area contributed by atoms with Crippen molar-refractivity contribution in [3.8, 4) is 0 Å². The minimum Gasteiger partial charge on any atom is -0.395 e. The topological polar surface area (TPSA) is 75.1 Å². The number of aryl methyl sites for hydroxylation is 1. The molecule has 0 spiro atoms. The smallest absolute Gasteiger partial charge is 0.329 e. The highest BCUT2D eigenvalue weighted by Gasteiger charge is 2.10. The molecule has 2 rings (SSSR count). The van der Waals surface area contributed by atoms with Gasteiger partial charge >= 0.3 is 5.69 Å². The number of aliphatic hydroxyl groups excluding tert-OH is 1. The van der Waals surface area contributed by atoms with Crippen molar-refractivity contribution in [2.45, 2.75) is 32.7 Å². The van der Waals surface area contributed by atoms with Crippen molar-refractivity contribution in [2.24, 2.45) is 0 Å². The molecule has 6 heteroatoms. The van der Waals surface area contributed by atoms with Crippen molar-refractivity contribution in [2.75, 3.05) is 6.61 Å². The Labute approximate surface area is 108 Å². The predicted octanol–water partition coefficient (Wildman–Crippen LogP) is 1.09. The monoisotopic (exact) mass is 268 g/mol. The number of aromatic nitrogens is 2. The summed E-state index contributed by atoms with van der Waals surface area (Å²) in [5.41, 5.74) is -0.771. The summed E-state index contributed by atoms with van der Waals surface area (Å²) in [5, 5.41) is 9.39. The first-order chi connectivity index (χ1) is 8.67. The van der Waals surface area contributed by atoms with Crippen LogP contribution in [0.3, 0.4) is 0 Å². The van der Waals surface area contributed by atoms with E-state index in [-0.39, 0.29) is 18.7 Å². The van der Waals surface area contributed by atoms with Crippen LogP contribution >= 0.6 is 11.3 Å². The molecule has 0 radical (unpaired) electrons. The molecule has 0 aliphatic heterocycles. The molecule has 0 aliphatic rings. The summed E-state index contributed by atoms with van der Waals surface area (Å²) in [4.78, 5) is 28.2. The number of nitrogens with zero attached hydrogens (tertiary/aromatic N) is 1. The standard InChI is InChI=1S/C12H16N2O3S/c1-2-3-4-8-7-9-10(18-8)13-12(17)14(5-6-15)11(9)16/h7,15H,2-6H2,1H3,(H,13,17). The lowest BCUT2D eigenvalue weighted by molar-refractivity contribution is 0.272. The molecular formula is C12H16N2O3S. The van der Waals surface area contributed by atoms with Gasteiger partial charge in [-0.1, -0.05) is 13.3 Å². The number of nitrogens with one attached hydrogen (secondary N) is 1. The SMILES string of the molecule is CCCCc1cc2c(=O)n(CCO)c(=O)[nH]c2s1. The second-order valence-electron chi connectivity index (χ2n) is 4.17. The third kappa shape index (κ3) is 2.39. The normalized spacial score (nSPS) is 11.2. The van der Waals surface area contributed by atoms with Crippen molar-refractivity contribution in [1.29, 1.82) is 0 Å². The van der Waals surface area contributed by atoms with E-state index in [4.69, 9.17) is 5.11 Å². The summed E-state index contributed by atoms with van der Waals surface area (Å²) in [5.74, 6) is 0. The van der Waals surface area contributed by atoms with Gasteiger partial charge in [0.1, 0.15) is 4.83 Å². The molecule has 0 unspecified atom stereocenters. The van der Waals surface area contributed by atoms with Crippen molar-refractivity contribution in [3.63, 3.8) is 0 Å². The molecule has 0 aromatic carbocycles. The van der Waals surface area contributed by atoms with Crippen molar-refractivity contribution in [1.82, 2.24) is 9.55 Å². The Bertz CT molecular complexity index is 653. The Morgan fingerprint density at radius 1 is 1.44 bits per heavy atom. The minimum atomic E-state index is -0.453. The van der Waals surface area contributed by atoms with E-state index in [1.165, 1.54) is 11.3 Å². The van der Waals surface area contributed by atoms with Gasteiger partial charge in [-0.15, -0.1) is 11.3 Å². The van der Waals surface area contributed by atoms with Crippen LogP contribution < -0.4 is 11.2 Å². The van der Waals surface area contributed by atoms with Crippen molar-refractivity contribution < 1.29 is 5.11 Å². The lowest BCUT2D eigenvalue weighted by Crippen LogP contribution is -2.35. The van der Waals surface area contributed by atoms with Crippen LogP contribution in [-0.4, -0.2) is 21.3 Å². The highest BCUT2D eigenvalue weighted by Crippen LogP contribution is 2.21. The third-order valence-corrected chi connectivity index (χ3v) is 3.93. The molecule has 0 bridgehead atoms. The van der Waals surface area contributed by atoms with Gasteiger partial charge in [-0.2, -0.15) is 0 Å². The Kier molecular flexibility index (Phi) is 3.98. The van der Waals surface area contributed by atoms with Crippen molar-refractivity contribution in [3.05, 3.63) is 31.8 Å². The van der Waals surface area contributed by atoms with Crippen LogP contribution in [0.1, 0.15) is 24.6 Å². The second-order valence-corrected chi connectivity index (χ2v) is 5.31. The molecule has 0 saturated carbocycles. The number of rotatable bonds is 5. The summed E-state index contributed by atoms with van der Waals surface area (Å²) in [6, 6.07) is 1.85. The van der Waals surface area contributed by atoms with Crippen LogP contribution in [-0.2, 0) is 13.0 Å². The van der Waals surface area contributed by atoms with E-state index >= 15 is 0 Å². The molecule has 0 amide bonds. The number of hydrogen-bond acceptors (Lipinski definition) is 4. The number of H-pyrrole nitrogens is 1. The molecule has 0 aliphatic carbocycles. The Hall–Kier alpha value is -1.40. The molecule has 2 heterocycles. The lowest BCUT2D eigenvalue weighted by atomic mass is 10.2.